The van der Waals surface area contributed by atoms with E-state index >= 15 is 0 Å². The van der Waals surface area contributed by atoms with E-state index in [1.54, 1.807) is 0 Å². The van der Waals surface area contributed by atoms with Gasteiger partial charge in [0.2, 0.25) is 0 Å². The number of phenolic OH excluding ortho intramolecular Hbond substituents is 1. The number of nitrogens with zero attached hydrogens (tertiary/aromatic N) is 2. The van der Waals surface area contributed by atoms with Crippen LogP contribution in [0.1, 0.15) is 0 Å². The van der Waals surface area contributed by atoms with Gasteiger partial charge in [0.05, 0.1) is 15.5 Å². The monoisotopic (exact) mass is 487 g/mol. The Bertz CT molecular complexity index is 1540. The van der Waals surface area contributed by atoms with Gasteiger partial charge in [-0.15, -0.1) is 10.2 Å². The summed E-state index contributed by atoms with van der Waals surface area (Å²) in [6.07, 6.45) is 0. The first kappa shape index (κ1) is 22.6. The molecule has 15 heteroatoms. The van der Waals surface area contributed by atoms with Gasteiger partial charge in [0, 0.05) is 16.8 Å². The molecule has 0 aliphatic rings. The van der Waals surface area contributed by atoms with E-state index in [-0.39, 0.29) is 22.1 Å². The van der Waals surface area contributed by atoms with Crippen LogP contribution in [0.2, 0.25) is 0 Å². The number of fused-ring (bicyclic) bond motifs is 1. The lowest BCUT2D eigenvalue weighted by Crippen LogP contribution is -1.99. The molecule has 0 spiro atoms. The molecule has 5 N–H and O–H groups in total. The minimum Gasteiger partial charge on any atom is -0.507 e. The SMILES string of the molecule is Nc1ccc2c(O)cc(S(=O)(=O)O)cc2c1N=Nc1ccc([SH](=O)=O)cc1S(=O)(=O)O. The number of hydrogen-bond acceptors (Lipinski definition) is 10. The summed E-state index contributed by atoms with van der Waals surface area (Å²) < 4.78 is 87.0. The van der Waals surface area contributed by atoms with Gasteiger partial charge in [0.15, 0.2) is 10.7 Å². The van der Waals surface area contributed by atoms with Crippen LogP contribution in [0.3, 0.4) is 0 Å². The number of phenols is 1. The average Bonchev–Trinajstić information content (AvgIpc) is 2.65. The van der Waals surface area contributed by atoms with Crippen LogP contribution in [0.15, 0.2) is 67.4 Å². The van der Waals surface area contributed by atoms with Crippen LogP contribution in [0.4, 0.5) is 17.1 Å². The van der Waals surface area contributed by atoms with Gasteiger partial charge < -0.3 is 10.8 Å². The molecule has 0 radical (unpaired) electrons. The third-order valence-corrected chi connectivity index (χ3v) is 6.49. The quantitative estimate of drug-likeness (QED) is 0.153. The first-order chi connectivity index (χ1) is 14.3. The lowest BCUT2D eigenvalue weighted by Gasteiger charge is -2.09. The first-order valence-corrected chi connectivity index (χ1v) is 12.0. The summed E-state index contributed by atoms with van der Waals surface area (Å²) in [5.41, 5.74) is 5.19. The third-order valence-electron chi connectivity index (χ3n) is 4.08. The maximum atomic E-state index is 11.6. The van der Waals surface area contributed by atoms with Crippen LogP contribution in [0, 0.1) is 0 Å². The van der Waals surface area contributed by atoms with E-state index in [9.17, 15) is 39.5 Å². The molecule has 3 rings (SSSR count). The van der Waals surface area contributed by atoms with Crippen LogP contribution in [0.25, 0.3) is 10.8 Å². The molecule has 0 aliphatic carbocycles. The number of anilines is 1. The summed E-state index contributed by atoms with van der Waals surface area (Å²) in [6.45, 7) is 0. The Kier molecular flexibility index (Phi) is 5.72. The van der Waals surface area contributed by atoms with Crippen molar-refractivity contribution >= 4 is 58.8 Å². The van der Waals surface area contributed by atoms with Gasteiger partial charge in [0.1, 0.15) is 22.0 Å². The molecule has 0 bridgehead atoms. The molecule has 0 saturated carbocycles. The molecular formula is C16H13N3O9S3. The maximum Gasteiger partial charge on any atom is 0.296 e. The standard InChI is InChI=1S/C16H13N3O9S3/c17-12-3-2-10-11(6-9(7-14(10)20)30(23,24)25)16(12)19-18-13-4-1-8(29(21)22)5-15(13)31(26,27)28/h1-7,20,29H,17H2,(H,23,24,25)(H,26,27,28). The van der Waals surface area contributed by atoms with Gasteiger partial charge in [0.25, 0.3) is 20.2 Å². The predicted molar refractivity (Wildman–Crippen MR) is 109 cm³/mol. The average molecular weight is 487 g/mol. The molecule has 31 heavy (non-hydrogen) atoms. The van der Waals surface area contributed by atoms with Crippen LogP contribution >= 0.6 is 0 Å². The molecule has 0 amide bonds. The summed E-state index contributed by atoms with van der Waals surface area (Å²) in [5, 5.41) is 17.6. The molecule has 3 aromatic carbocycles. The summed E-state index contributed by atoms with van der Waals surface area (Å²) in [7, 11) is -12.7. The second-order valence-corrected chi connectivity index (χ2v) is 9.94. The fourth-order valence-corrected chi connectivity index (χ4v) is 4.36. The van der Waals surface area contributed by atoms with E-state index < -0.39 is 57.1 Å². The Labute approximate surface area is 177 Å². The number of benzene rings is 3. The molecule has 12 nitrogen and oxygen atoms in total. The van der Waals surface area contributed by atoms with E-state index in [1.165, 1.54) is 12.1 Å². The van der Waals surface area contributed by atoms with Gasteiger partial charge in [-0.1, -0.05) is 0 Å². The van der Waals surface area contributed by atoms with E-state index in [0.29, 0.717) is 6.07 Å². The molecule has 164 valence electrons. The van der Waals surface area contributed by atoms with Crippen molar-refractivity contribution in [2.45, 2.75) is 14.7 Å². The second-order valence-electron chi connectivity index (χ2n) is 6.10. The molecule has 0 atom stereocenters. The molecule has 3 aromatic rings. The van der Waals surface area contributed by atoms with Gasteiger partial charge >= 0.3 is 0 Å². The Hall–Kier alpha value is -3.11. The highest BCUT2D eigenvalue weighted by Gasteiger charge is 2.19. The molecule has 0 fully saturated rings. The maximum absolute atomic E-state index is 11.6. The highest BCUT2D eigenvalue weighted by Crippen LogP contribution is 2.39. The smallest absolute Gasteiger partial charge is 0.296 e. The largest absolute Gasteiger partial charge is 0.507 e. The fourth-order valence-electron chi connectivity index (χ4n) is 2.66. The van der Waals surface area contributed by atoms with Crippen molar-refractivity contribution < 1.29 is 39.5 Å². The van der Waals surface area contributed by atoms with Crippen LogP contribution < -0.4 is 5.73 Å². The lowest BCUT2D eigenvalue weighted by molar-refractivity contribution is 0.471. The second kappa shape index (κ2) is 7.86. The molecule has 0 aromatic heterocycles. The molecule has 0 aliphatic heterocycles. The number of hydrogen-bond donors (Lipinski definition) is 5. The van der Waals surface area contributed by atoms with E-state index in [2.05, 4.69) is 10.2 Å². The summed E-state index contributed by atoms with van der Waals surface area (Å²) in [6, 6.07) is 7.16. The lowest BCUT2D eigenvalue weighted by atomic mass is 10.1. The topological polar surface area (TPSA) is 214 Å². The van der Waals surface area contributed by atoms with Crippen LogP contribution in [-0.2, 0) is 30.9 Å². The number of azo groups is 1. The molecular weight excluding hydrogens is 474 g/mol. The predicted octanol–water partition coefficient (Wildman–Crippen LogP) is 2.01. The van der Waals surface area contributed by atoms with E-state index in [1.807, 2.05) is 0 Å². The fraction of sp³-hybridized carbons (Fsp3) is 0. The Morgan fingerprint density at radius 1 is 0.839 bits per heavy atom. The summed E-state index contributed by atoms with van der Waals surface area (Å²) in [4.78, 5) is -1.89. The molecule has 0 unspecified atom stereocenters. The van der Waals surface area contributed by atoms with Gasteiger partial charge in [-0.2, -0.15) is 16.8 Å². The highest BCUT2D eigenvalue weighted by molar-refractivity contribution is 7.86. The molecule has 0 heterocycles. The van der Waals surface area contributed by atoms with Crippen LogP contribution in [0.5, 0.6) is 5.75 Å². The van der Waals surface area contributed by atoms with Crippen molar-refractivity contribution in [1.29, 1.82) is 0 Å². The van der Waals surface area contributed by atoms with Crippen molar-refractivity contribution in [3.05, 3.63) is 42.5 Å². The highest BCUT2D eigenvalue weighted by atomic mass is 32.2. The number of nitrogen functional groups attached to an aromatic ring is 1. The number of thiol groups is 1. The van der Waals surface area contributed by atoms with Crippen molar-refractivity contribution in [3.8, 4) is 5.75 Å². The Balaban J connectivity index is 2.27. The number of nitrogens with two attached hydrogens (primary N) is 1. The van der Waals surface area contributed by atoms with Gasteiger partial charge in [-0.25, -0.2) is 8.42 Å². The zero-order valence-corrected chi connectivity index (χ0v) is 17.6. The van der Waals surface area contributed by atoms with Crippen molar-refractivity contribution in [2.75, 3.05) is 5.73 Å². The van der Waals surface area contributed by atoms with Crippen molar-refractivity contribution in [2.24, 2.45) is 10.2 Å². The first-order valence-electron chi connectivity index (χ1n) is 7.99. The third kappa shape index (κ3) is 4.64. The summed E-state index contributed by atoms with van der Waals surface area (Å²) in [5.74, 6) is -0.510. The Morgan fingerprint density at radius 3 is 2.10 bits per heavy atom. The number of aromatic hydroxyl groups is 1. The van der Waals surface area contributed by atoms with Crippen molar-refractivity contribution in [1.82, 2.24) is 0 Å². The minimum atomic E-state index is -4.88. The van der Waals surface area contributed by atoms with Crippen LogP contribution in [-0.4, -0.2) is 39.5 Å². The Morgan fingerprint density at radius 2 is 1.52 bits per heavy atom. The molecule has 0 saturated heterocycles. The minimum absolute atomic E-state index is 0.0379. The van der Waals surface area contributed by atoms with E-state index in [4.69, 9.17) is 5.73 Å². The number of rotatable bonds is 5. The van der Waals surface area contributed by atoms with Gasteiger partial charge in [-0.3, -0.25) is 9.11 Å². The van der Waals surface area contributed by atoms with Crippen molar-refractivity contribution in [3.63, 3.8) is 0 Å². The van der Waals surface area contributed by atoms with E-state index in [0.717, 1.165) is 24.3 Å². The normalized spacial score (nSPS) is 12.7. The zero-order valence-electron chi connectivity index (χ0n) is 15.1. The summed E-state index contributed by atoms with van der Waals surface area (Å²) >= 11 is 0. The van der Waals surface area contributed by atoms with Gasteiger partial charge in [-0.05, 0) is 36.4 Å². The zero-order chi connectivity index (χ0) is 23.1.